The minimum atomic E-state index is -0.121. The van der Waals surface area contributed by atoms with Gasteiger partial charge in [-0.1, -0.05) is 25.1 Å². The van der Waals surface area contributed by atoms with E-state index in [9.17, 15) is 4.39 Å². The number of hydrogen-bond acceptors (Lipinski definition) is 3. The fourth-order valence-electron chi connectivity index (χ4n) is 2.56. The van der Waals surface area contributed by atoms with Crippen LogP contribution >= 0.6 is 11.3 Å². The van der Waals surface area contributed by atoms with Crippen molar-refractivity contribution in [2.24, 2.45) is 0 Å². The van der Waals surface area contributed by atoms with Crippen molar-refractivity contribution in [1.29, 1.82) is 0 Å². The molecule has 5 heteroatoms. The maximum absolute atomic E-state index is 14.4. The Morgan fingerprint density at radius 2 is 2.29 bits per heavy atom. The first kappa shape index (κ1) is 14.2. The summed E-state index contributed by atoms with van der Waals surface area (Å²) in [5, 5.41) is 5.37. The highest BCUT2D eigenvalue weighted by Crippen LogP contribution is 2.24. The van der Waals surface area contributed by atoms with Gasteiger partial charge in [-0.2, -0.15) is 0 Å². The molecule has 1 atom stereocenters. The Hall–Kier alpha value is -1.72. The summed E-state index contributed by atoms with van der Waals surface area (Å²) in [6.45, 7) is 4.63. The zero-order valence-electron chi connectivity index (χ0n) is 12.1. The van der Waals surface area contributed by atoms with E-state index in [-0.39, 0.29) is 11.9 Å². The Morgan fingerprint density at radius 1 is 1.43 bits per heavy atom. The summed E-state index contributed by atoms with van der Waals surface area (Å²) in [4.78, 5) is 5.57. The number of hydrogen-bond donors (Lipinski definition) is 1. The second-order valence-corrected chi connectivity index (χ2v) is 5.99. The second kappa shape index (κ2) is 5.95. The van der Waals surface area contributed by atoms with E-state index in [1.165, 1.54) is 0 Å². The molecule has 21 heavy (non-hydrogen) atoms. The van der Waals surface area contributed by atoms with E-state index in [4.69, 9.17) is 0 Å². The van der Waals surface area contributed by atoms with Gasteiger partial charge >= 0.3 is 0 Å². The molecule has 2 aromatic heterocycles. The van der Waals surface area contributed by atoms with Gasteiger partial charge in [-0.05, 0) is 19.0 Å². The summed E-state index contributed by atoms with van der Waals surface area (Å²) in [5.74, 6) is -0.121. The molecule has 0 bridgehead atoms. The van der Waals surface area contributed by atoms with E-state index in [0.717, 1.165) is 17.2 Å². The number of aryl methyl sites for hydroxylation is 1. The van der Waals surface area contributed by atoms with Crippen molar-refractivity contribution < 1.29 is 4.39 Å². The number of rotatable bonds is 5. The highest BCUT2D eigenvalue weighted by Gasteiger charge is 2.18. The van der Waals surface area contributed by atoms with Gasteiger partial charge in [-0.25, -0.2) is 9.37 Å². The number of imidazole rings is 1. The number of nitrogens with zero attached hydrogens (tertiary/aromatic N) is 2. The van der Waals surface area contributed by atoms with E-state index >= 15 is 0 Å². The molecule has 1 N–H and O–H groups in total. The topological polar surface area (TPSA) is 29.3 Å². The monoisotopic (exact) mass is 303 g/mol. The van der Waals surface area contributed by atoms with E-state index in [0.29, 0.717) is 17.5 Å². The lowest BCUT2D eigenvalue weighted by molar-refractivity contribution is 0.504. The summed E-state index contributed by atoms with van der Waals surface area (Å²) in [6, 6.07) is 5.51. The molecule has 0 spiro atoms. The maximum Gasteiger partial charge on any atom is 0.193 e. The van der Waals surface area contributed by atoms with Crippen LogP contribution in [0.25, 0.3) is 4.96 Å². The van der Waals surface area contributed by atoms with Gasteiger partial charge in [-0.15, -0.1) is 11.3 Å². The van der Waals surface area contributed by atoms with Crippen molar-refractivity contribution in [1.82, 2.24) is 14.7 Å². The predicted octanol–water partition coefficient (Wildman–Crippen LogP) is 3.74. The van der Waals surface area contributed by atoms with Crippen molar-refractivity contribution >= 4 is 16.3 Å². The molecule has 1 aromatic carbocycles. The number of thiazole rings is 1. The van der Waals surface area contributed by atoms with Crippen LogP contribution in [0.15, 0.2) is 36.0 Å². The molecule has 1 unspecified atom stereocenters. The molecular formula is C16H18FN3S. The zero-order chi connectivity index (χ0) is 14.8. The number of halogens is 1. The Bertz CT molecular complexity index is 718. The fourth-order valence-corrected chi connectivity index (χ4v) is 3.28. The van der Waals surface area contributed by atoms with Crippen LogP contribution in [0.5, 0.6) is 0 Å². The largest absolute Gasteiger partial charge is 0.310 e. The molecule has 3 aromatic rings. The number of likely N-dealkylation sites (N-methyl/N-ethyl adjacent to an activating group) is 1. The summed E-state index contributed by atoms with van der Waals surface area (Å²) in [6.07, 6.45) is 4.69. The van der Waals surface area contributed by atoms with Crippen LogP contribution in [0.1, 0.15) is 29.8 Å². The van der Waals surface area contributed by atoms with Gasteiger partial charge in [0.15, 0.2) is 4.96 Å². The molecule has 0 saturated heterocycles. The number of benzene rings is 1. The highest BCUT2D eigenvalue weighted by atomic mass is 32.1. The Morgan fingerprint density at radius 3 is 3.05 bits per heavy atom. The number of nitrogens with one attached hydrogen (secondary N) is 1. The van der Waals surface area contributed by atoms with Gasteiger partial charge in [-0.3, -0.25) is 4.40 Å². The molecule has 0 aliphatic heterocycles. The van der Waals surface area contributed by atoms with E-state index < -0.39 is 0 Å². The van der Waals surface area contributed by atoms with Crippen LogP contribution < -0.4 is 5.32 Å². The molecule has 3 nitrogen and oxygen atoms in total. The van der Waals surface area contributed by atoms with Crippen LogP contribution in [-0.2, 0) is 6.42 Å². The highest BCUT2D eigenvalue weighted by molar-refractivity contribution is 7.15. The van der Waals surface area contributed by atoms with E-state index in [1.807, 2.05) is 41.2 Å². The Balaban J connectivity index is 1.90. The minimum Gasteiger partial charge on any atom is -0.310 e. The second-order valence-electron chi connectivity index (χ2n) is 5.12. The third-order valence-electron chi connectivity index (χ3n) is 3.60. The van der Waals surface area contributed by atoms with Crippen LogP contribution in [0.3, 0.4) is 0 Å². The number of fused-ring (bicyclic) bond motifs is 1. The SMILES string of the molecule is CCNC(Cc1cn2ccsc2n1)c1cccc(C)c1F. The third-order valence-corrected chi connectivity index (χ3v) is 4.37. The lowest BCUT2D eigenvalue weighted by Gasteiger charge is -2.18. The van der Waals surface area contributed by atoms with Crippen LogP contribution in [0, 0.1) is 12.7 Å². The van der Waals surface area contributed by atoms with E-state index in [1.54, 1.807) is 24.3 Å². The molecule has 0 saturated carbocycles. The third kappa shape index (κ3) is 2.84. The van der Waals surface area contributed by atoms with Gasteiger partial charge in [0, 0.05) is 35.8 Å². The first-order chi connectivity index (χ1) is 10.2. The number of aromatic nitrogens is 2. The summed E-state index contributed by atoms with van der Waals surface area (Å²) in [7, 11) is 0. The lowest BCUT2D eigenvalue weighted by Crippen LogP contribution is -2.24. The summed E-state index contributed by atoms with van der Waals surface area (Å²) < 4.78 is 16.4. The molecule has 0 fully saturated rings. The minimum absolute atomic E-state index is 0.0560. The van der Waals surface area contributed by atoms with Gasteiger partial charge in [0.25, 0.3) is 0 Å². The average molecular weight is 303 g/mol. The van der Waals surface area contributed by atoms with Crippen molar-refractivity contribution in [3.05, 3.63) is 58.6 Å². The van der Waals surface area contributed by atoms with Gasteiger partial charge in [0.2, 0.25) is 0 Å². The first-order valence-electron chi connectivity index (χ1n) is 7.08. The Kier molecular flexibility index (Phi) is 4.03. The van der Waals surface area contributed by atoms with Crippen molar-refractivity contribution in [2.45, 2.75) is 26.3 Å². The normalized spacial score (nSPS) is 12.9. The molecule has 0 aliphatic rings. The maximum atomic E-state index is 14.4. The fraction of sp³-hybridized carbons (Fsp3) is 0.312. The lowest BCUT2D eigenvalue weighted by atomic mass is 9.99. The molecule has 0 radical (unpaired) electrons. The smallest absolute Gasteiger partial charge is 0.193 e. The van der Waals surface area contributed by atoms with Gasteiger partial charge in [0.05, 0.1) is 5.69 Å². The molecular weight excluding hydrogens is 285 g/mol. The summed E-state index contributed by atoms with van der Waals surface area (Å²) >= 11 is 1.61. The Labute approximate surface area is 127 Å². The molecule has 0 amide bonds. The van der Waals surface area contributed by atoms with Crippen molar-refractivity contribution in [3.8, 4) is 0 Å². The van der Waals surface area contributed by atoms with Crippen LogP contribution in [0.2, 0.25) is 0 Å². The van der Waals surface area contributed by atoms with E-state index in [2.05, 4.69) is 10.3 Å². The average Bonchev–Trinajstić information content (AvgIpc) is 3.02. The van der Waals surface area contributed by atoms with Crippen LogP contribution in [0.4, 0.5) is 4.39 Å². The predicted molar refractivity (Wildman–Crippen MR) is 84.3 cm³/mol. The first-order valence-corrected chi connectivity index (χ1v) is 7.96. The standard InChI is InChI=1S/C16H18FN3S/c1-3-18-14(13-6-4-5-11(2)15(13)17)9-12-10-20-7-8-21-16(20)19-12/h4-8,10,14,18H,3,9H2,1-2H3. The molecule has 2 heterocycles. The van der Waals surface area contributed by atoms with Crippen molar-refractivity contribution in [2.75, 3.05) is 6.54 Å². The zero-order valence-corrected chi connectivity index (χ0v) is 13.0. The van der Waals surface area contributed by atoms with Crippen LogP contribution in [-0.4, -0.2) is 15.9 Å². The molecule has 0 aliphatic carbocycles. The molecule has 3 rings (SSSR count). The van der Waals surface area contributed by atoms with Gasteiger partial charge < -0.3 is 5.32 Å². The molecule has 110 valence electrons. The summed E-state index contributed by atoms with van der Waals surface area (Å²) in [5.41, 5.74) is 2.38. The van der Waals surface area contributed by atoms with Crippen molar-refractivity contribution in [3.63, 3.8) is 0 Å². The van der Waals surface area contributed by atoms with Gasteiger partial charge in [0.1, 0.15) is 5.82 Å². The quantitative estimate of drug-likeness (QED) is 0.778.